The van der Waals surface area contributed by atoms with E-state index in [4.69, 9.17) is 15.3 Å². The Labute approximate surface area is 141 Å². The van der Waals surface area contributed by atoms with E-state index in [1.165, 1.54) is 0 Å². The maximum absolute atomic E-state index is 12.0. The average Bonchev–Trinajstić information content (AvgIpc) is 2.60. The molecule has 2 aromatic carbocycles. The second-order valence-electron chi connectivity index (χ2n) is 5.82. The van der Waals surface area contributed by atoms with Crippen LogP contribution in [0.15, 0.2) is 48.5 Å². The summed E-state index contributed by atoms with van der Waals surface area (Å²) in [4.78, 5) is 12.0. The third kappa shape index (κ3) is 4.34. The van der Waals surface area contributed by atoms with E-state index in [1.807, 2.05) is 12.1 Å². The second kappa shape index (κ2) is 7.30. The summed E-state index contributed by atoms with van der Waals surface area (Å²) in [5, 5.41) is 20.6. The summed E-state index contributed by atoms with van der Waals surface area (Å²) in [5.74, 6) is 0.216. The van der Waals surface area contributed by atoms with Crippen LogP contribution in [0.25, 0.3) is 0 Å². The fourth-order valence-electron chi connectivity index (χ4n) is 1.90. The number of nitrogens with zero attached hydrogens (tertiary/aromatic N) is 2. The maximum atomic E-state index is 12.0. The second-order valence-corrected chi connectivity index (χ2v) is 5.82. The molecule has 1 N–H and O–H groups in total. The minimum Gasteiger partial charge on any atom is -0.489 e. The highest BCUT2D eigenvalue weighted by Crippen LogP contribution is 2.22. The molecular weight excluding hydrogens is 302 g/mol. The Bertz CT molecular complexity index is 829. The van der Waals surface area contributed by atoms with Gasteiger partial charge in [-0.15, -0.1) is 0 Å². The van der Waals surface area contributed by atoms with Crippen LogP contribution in [-0.2, 0) is 11.4 Å². The van der Waals surface area contributed by atoms with Crippen molar-refractivity contribution in [1.82, 2.24) is 0 Å². The van der Waals surface area contributed by atoms with Crippen molar-refractivity contribution in [3.63, 3.8) is 0 Å². The summed E-state index contributed by atoms with van der Waals surface area (Å²) in [6, 6.07) is 18.2. The number of nitrogens with one attached hydrogen (secondary N) is 1. The predicted octanol–water partition coefficient (Wildman–Crippen LogP) is 3.63. The van der Waals surface area contributed by atoms with Gasteiger partial charge in [0, 0.05) is 11.8 Å². The normalized spacial score (nSPS) is 10.3. The van der Waals surface area contributed by atoms with Gasteiger partial charge < -0.3 is 10.1 Å². The van der Waals surface area contributed by atoms with Gasteiger partial charge in [0.15, 0.2) is 0 Å². The van der Waals surface area contributed by atoms with E-state index in [0.717, 1.165) is 5.56 Å². The Morgan fingerprint density at radius 1 is 1.17 bits per heavy atom. The maximum Gasteiger partial charge on any atom is 0.244 e. The molecule has 0 heterocycles. The number of ether oxygens (including phenoxy) is 1. The average molecular weight is 319 g/mol. The zero-order chi connectivity index (χ0) is 17.6. The Morgan fingerprint density at radius 3 is 2.62 bits per heavy atom. The predicted molar refractivity (Wildman–Crippen MR) is 90.0 cm³/mol. The summed E-state index contributed by atoms with van der Waals surface area (Å²) in [6.07, 6.45) is 0. The molecule has 120 valence electrons. The van der Waals surface area contributed by atoms with Crippen molar-refractivity contribution in [2.24, 2.45) is 5.41 Å². The number of carbonyl (C=O) groups is 1. The summed E-state index contributed by atoms with van der Waals surface area (Å²) >= 11 is 0. The summed E-state index contributed by atoms with van der Waals surface area (Å²) < 4.78 is 5.70. The molecule has 0 spiro atoms. The molecule has 0 aliphatic carbocycles. The highest BCUT2D eigenvalue weighted by Gasteiger charge is 2.27. The Morgan fingerprint density at radius 2 is 1.92 bits per heavy atom. The van der Waals surface area contributed by atoms with Crippen LogP contribution < -0.4 is 10.1 Å². The monoisotopic (exact) mass is 319 g/mol. The van der Waals surface area contributed by atoms with Gasteiger partial charge in [-0.1, -0.05) is 18.2 Å². The van der Waals surface area contributed by atoms with Crippen molar-refractivity contribution < 1.29 is 9.53 Å². The standard InChI is InChI=1S/C19H17N3O2/c1-19(2,13-21)18(23)22-16-7-4-8-17(10-16)24-12-15-6-3-5-14(9-15)11-20/h3-10H,12H2,1-2H3,(H,22,23). The lowest BCUT2D eigenvalue weighted by Crippen LogP contribution is -2.29. The Hall–Kier alpha value is -3.31. The van der Waals surface area contributed by atoms with Crippen LogP contribution >= 0.6 is 0 Å². The van der Waals surface area contributed by atoms with Gasteiger partial charge in [0.2, 0.25) is 5.91 Å². The number of benzene rings is 2. The van der Waals surface area contributed by atoms with Gasteiger partial charge in [-0.05, 0) is 43.7 Å². The minimum atomic E-state index is -1.10. The van der Waals surface area contributed by atoms with E-state index < -0.39 is 5.41 Å². The molecule has 5 nitrogen and oxygen atoms in total. The molecule has 2 rings (SSSR count). The van der Waals surface area contributed by atoms with Gasteiger partial charge in [-0.2, -0.15) is 10.5 Å². The van der Waals surface area contributed by atoms with Crippen LogP contribution in [0.4, 0.5) is 5.69 Å². The minimum absolute atomic E-state index is 0.316. The zero-order valence-corrected chi connectivity index (χ0v) is 13.5. The number of hydrogen-bond donors (Lipinski definition) is 1. The van der Waals surface area contributed by atoms with Crippen molar-refractivity contribution >= 4 is 11.6 Å². The molecule has 24 heavy (non-hydrogen) atoms. The van der Waals surface area contributed by atoms with E-state index in [0.29, 0.717) is 23.6 Å². The van der Waals surface area contributed by atoms with Crippen LogP contribution in [0.1, 0.15) is 25.0 Å². The largest absolute Gasteiger partial charge is 0.489 e. The van der Waals surface area contributed by atoms with E-state index in [-0.39, 0.29) is 5.91 Å². The van der Waals surface area contributed by atoms with Gasteiger partial charge in [0.25, 0.3) is 0 Å². The lowest BCUT2D eigenvalue weighted by atomic mass is 9.94. The first kappa shape index (κ1) is 17.1. The first-order chi connectivity index (χ1) is 11.4. The number of rotatable bonds is 5. The van der Waals surface area contributed by atoms with E-state index >= 15 is 0 Å². The lowest BCUT2D eigenvalue weighted by molar-refractivity contribution is -0.121. The van der Waals surface area contributed by atoms with Gasteiger partial charge in [0.1, 0.15) is 17.8 Å². The molecule has 5 heteroatoms. The highest BCUT2D eigenvalue weighted by molar-refractivity contribution is 5.96. The van der Waals surface area contributed by atoms with Crippen molar-refractivity contribution in [3.8, 4) is 17.9 Å². The first-order valence-electron chi connectivity index (χ1n) is 7.39. The summed E-state index contributed by atoms with van der Waals surface area (Å²) in [7, 11) is 0. The topological polar surface area (TPSA) is 85.9 Å². The fourth-order valence-corrected chi connectivity index (χ4v) is 1.90. The van der Waals surface area contributed by atoms with Crippen molar-refractivity contribution in [2.45, 2.75) is 20.5 Å². The van der Waals surface area contributed by atoms with Crippen LogP contribution in [0.5, 0.6) is 5.75 Å². The first-order valence-corrected chi connectivity index (χ1v) is 7.39. The third-order valence-corrected chi connectivity index (χ3v) is 3.40. The summed E-state index contributed by atoms with van der Waals surface area (Å²) in [5.41, 5.74) is 0.922. The van der Waals surface area contributed by atoms with E-state index in [9.17, 15) is 4.79 Å². The molecule has 0 radical (unpaired) electrons. The quantitative estimate of drug-likeness (QED) is 0.912. The Kier molecular flexibility index (Phi) is 5.19. The lowest BCUT2D eigenvalue weighted by Gasteiger charge is -2.15. The molecule has 0 fully saturated rings. The van der Waals surface area contributed by atoms with Gasteiger partial charge >= 0.3 is 0 Å². The van der Waals surface area contributed by atoms with Crippen molar-refractivity contribution in [3.05, 3.63) is 59.7 Å². The van der Waals surface area contributed by atoms with Crippen LogP contribution in [-0.4, -0.2) is 5.91 Å². The van der Waals surface area contributed by atoms with E-state index in [1.54, 1.807) is 56.3 Å². The molecule has 0 aliphatic heterocycles. The molecule has 0 saturated carbocycles. The van der Waals surface area contributed by atoms with Gasteiger partial charge in [0.05, 0.1) is 17.7 Å². The molecule has 0 atom stereocenters. The van der Waals surface area contributed by atoms with Gasteiger partial charge in [-0.25, -0.2) is 0 Å². The smallest absolute Gasteiger partial charge is 0.244 e. The molecule has 0 unspecified atom stereocenters. The zero-order valence-electron chi connectivity index (χ0n) is 13.5. The molecule has 0 bridgehead atoms. The van der Waals surface area contributed by atoms with Crippen molar-refractivity contribution in [1.29, 1.82) is 10.5 Å². The molecule has 0 aliphatic rings. The van der Waals surface area contributed by atoms with Crippen LogP contribution in [0.2, 0.25) is 0 Å². The van der Waals surface area contributed by atoms with Crippen LogP contribution in [0.3, 0.4) is 0 Å². The number of carbonyl (C=O) groups excluding carboxylic acids is 1. The number of amides is 1. The van der Waals surface area contributed by atoms with Crippen LogP contribution in [0, 0.1) is 28.1 Å². The number of hydrogen-bond acceptors (Lipinski definition) is 4. The fraction of sp³-hybridized carbons (Fsp3) is 0.211. The molecule has 0 saturated heterocycles. The number of nitriles is 2. The molecule has 0 aromatic heterocycles. The number of anilines is 1. The van der Waals surface area contributed by atoms with Crippen molar-refractivity contribution in [2.75, 3.05) is 5.32 Å². The molecule has 1 amide bonds. The molecular formula is C19H17N3O2. The SMILES string of the molecule is CC(C)(C#N)C(=O)Nc1cccc(OCc2cccc(C#N)c2)c1. The third-order valence-electron chi connectivity index (χ3n) is 3.40. The highest BCUT2D eigenvalue weighted by atomic mass is 16.5. The molecule has 2 aromatic rings. The van der Waals surface area contributed by atoms with E-state index in [2.05, 4.69) is 11.4 Å². The van der Waals surface area contributed by atoms with Gasteiger partial charge in [-0.3, -0.25) is 4.79 Å². The summed E-state index contributed by atoms with van der Waals surface area (Å²) in [6.45, 7) is 3.44. The Balaban J connectivity index is 2.04.